The average molecular weight is 211 g/mol. The predicted octanol–water partition coefficient (Wildman–Crippen LogP) is 1.97. The number of carboxylic acid groups (broad SMARTS) is 1. The van der Waals surface area contributed by atoms with E-state index in [9.17, 15) is 9.90 Å². The molecule has 86 valence electrons. The van der Waals surface area contributed by atoms with Crippen molar-refractivity contribution in [2.45, 2.75) is 44.6 Å². The third kappa shape index (κ3) is 1.57. The van der Waals surface area contributed by atoms with Crippen molar-refractivity contribution >= 4 is 5.97 Å². The standard InChI is InChI=1S/C12H21NO2/c1-13(2)10(9-5-3-6-9)12(11(14)15)7-4-8-12/h9-10H,3-8H2,1-2H3,(H,14,15). The van der Waals surface area contributed by atoms with Gasteiger partial charge in [-0.2, -0.15) is 0 Å². The number of carboxylic acids is 1. The molecule has 0 spiro atoms. The number of carbonyl (C=O) groups is 1. The topological polar surface area (TPSA) is 40.5 Å². The van der Waals surface area contributed by atoms with Crippen LogP contribution in [-0.4, -0.2) is 36.1 Å². The Kier molecular flexibility index (Phi) is 2.75. The average Bonchev–Trinajstić information content (AvgIpc) is 1.95. The minimum absolute atomic E-state index is 0.262. The summed E-state index contributed by atoms with van der Waals surface area (Å²) in [5.41, 5.74) is -0.422. The Balaban J connectivity index is 2.18. The second kappa shape index (κ2) is 3.78. The fourth-order valence-electron chi connectivity index (χ4n) is 3.32. The van der Waals surface area contributed by atoms with Gasteiger partial charge >= 0.3 is 5.97 Å². The molecule has 1 unspecified atom stereocenters. The van der Waals surface area contributed by atoms with E-state index in [2.05, 4.69) is 4.90 Å². The monoisotopic (exact) mass is 211 g/mol. The number of nitrogens with zero attached hydrogens (tertiary/aromatic N) is 1. The molecule has 0 saturated heterocycles. The molecule has 3 nitrogen and oxygen atoms in total. The van der Waals surface area contributed by atoms with Crippen LogP contribution in [0, 0.1) is 11.3 Å². The third-order valence-corrected chi connectivity index (χ3v) is 4.39. The first-order valence-electron chi connectivity index (χ1n) is 5.98. The first kappa shape index (κ1) is 10.9. The molecule has 2 aliphatic carbocycles. The van der Waals surface area contributed by atoms with Crippen molar-refractivity contribution in [3.8, 4) is 0 Å². The van der Waals surface area contributed by atoms with Crippen LogP contribution < -0.4 is 0 Å². The quantitative estimate of drug-likeness (QED) is 0.773. The zero-order valence-electron chi connectivity index (χ0n) is 9.70. The molecule has 1 N–H and O–H groups in total. The summed E-state index contributed by atoms with van der Waals surface area (Å²) in [6.07, 6.45) is 6.56. The molecule has 0 aromatic rings. The summed E-state index contributed by atoms with van der Waals surface area (Å²) >= 11 is 0. The highest BCUT2D eigenvalue weighted by Crippen LogP contribution is 2.51. The lowest BCUT2D eigenvalue weighted by molar-refractivity contribution is -0.164. The molecule has 0 amide bonds. The van der Waals surface area contributed by atoms with Crippen molar-refractivity contribution in [1.82, 2.24) is 4.90 Å². The Bertz CT molecular complexity index is 254. The van der Waals surface area contributed by atoms with Crippen molar-refractivity contribution < 1.29 is 9.90 Å². The third-order valence-electron chi connectivity index (χ3n) is 4.39. The molecule has 2 saturated carbocycles. The van der Waals surface area contributed by atoms with Crippen LogP contribution in [0.4, 0.5) is 0 Å². The molecule has 2 fully saturated rings. The maximum Gasteiger partial charge on any atom is 0.311 e. The van der Waals surface area contributed by atoms with Gasteiger partial charge in [0.1, 0.15) is 0 Å². The van der Waals surface area contributed by atoms with Crippen LogP contribution in [-0.2, 0) is 4.79 Å². The Hall–Kier alpha value is -0.570. The minimum atomic E-state index is -0.570. The molecule has 1 atom stereocenters. The van der Waals surface area contributed by atoms with Gasteiger partial charge in [0.15, 0.2) is 0 Å². The van der Waals surface area contributed by atoms with Gasteiger partial charge in [-0.05, 0) is 45.7 Å². The van der Waals surface area contributed by atoms with Crippen LogP contribution in [0.25, 0.3) is 0 Å². The van der Waals surface area contributed by atoms with Crippen LogP contribution in [0.2, 0.25) is 0 Å². The van der Waals surface area contributed by atoms with E-state index in [1.54, 1.807) is 0 Å². The Labute approximate surface area is 91.5 Å². The van der Waals surface area contributed by atoms with Crippen molar-refractivity contribution in [3.05, 3.63) is 0 Å². The molecule has 0 aromatic carbocycles. The lowest BCUT2D eigenvalue weighted by Gasteiger charge is -2.52. The van der Waals surface area contributed by atoms with Gasteiger partial charge in [-0.3, -0.25) is 4.79 Å². The van der Waals surface area contributed by atoms with E-state index in [-0.39, 0.29) is 6.04 Å². The molecule has 0 aliphatic heterocycles. The summed E-state index contributed by atoms with van der Waals surface area (Å²) in [5.74, 6) is 0.0516. The van der Waals surface area contributed by atoms with Crippen molar-refractivity contribution in [2.75, 3.05) is 14.1 Å². The van der Waals surface area contributed by atoms with E-state index in [0.717, 1.165) is 19.3 Å². The fraction of sp³-hybridized carbons (Fsp3) is 0.917. The second-order valence-corrected chi connectivity index (χ2v) is 5.41. The lowest BCUT2D eigenvalue weighted by atomic mass is 9.57. The Morgan fingerprint density at radius 3 is 2.13 bits per heavy atom. The first-order valence-corrected chi connectivity index (χ1v) is 5.98. The van der Waals surface area contributed by atoms with Crippen molar-refractivity contribution in [3.63, 3.8) is 0 Å². The van der Waals surface area contributed by atoms with Gasteiger partial charge in [0.2, 0.25) is 0 Å². The highest BCUT2D eigenvalue weighted by Gasteiger charge is 2.54. The van der Waals surface area contributed by atoms with Gasteiger partial charge < -0.3 is 10.0 Å². The van der Waals surface area contributed by atoms with E-state index in [1.165, 1.54) is 19.3 Å². The van der Waals surface area contributed by atoms with Gasteiger partial charge in [0, 0.05) is 6.04 Å². The van der Waals surface area contributed by atoms with Gasteiger partial charge in [-0.15, -0.1) is 0 Å². The second-order valence-electron chi connectivity index (χ2n) is 5.41. The first-order chi connectivity index (χ1) is 7.08. The molecule has 2 aliphatic rings. The summed E-state index contributed by atoms with van der Waals surface area (Å²) in [7, 11) is 4.07. The molecule has 3 heteroatoms. The molecule has 0 aromatic heterocycles. The largest absolute Gasteiger partial charge is 0.481 e. The fourth-order valence-corrected chi connectivity index (χ4v) is 3.32. The SMILES string of the molecule is CN(C)C(C1CCC1)C1(C(=O)O)CCC1. The highest BCUT2D eigenvalue weighted by molar-refractivity contribution is 5.77. The van der Waals surface area contributed by atoms with Crippen molar-refractivity contribution in [2.24, 2.45) is 11.3 Å². The maximum absolute atomic E-state index is 11.5. The zero-order chi connectivity index (χ0) is 11.1. The van der Waals surface area contributed by atoms with Gasteiger partial charge in [0.25, 0.3) is 0 Å². The molecule has 0 heterocycles. The number of aliphatic carboxylic acids is 1. The van der Waals surface area contributed by atoms with E-state index in [1.807, 2.05) is 14.1 Å². The van der Waals surface area contributed by atoms with Crippen LogP contribution in [0.3, 0.4) is 0 Å². The molecule has 0 radical (unpaired) electrons. The Morgan fingerprint density at radius 2 is 1.93 bits per heavy atom. The maximum atomic E-state index is 11.5. The van der Waals surface area contributed by atoms with E-state index in [0.29, 0.717) is 5.92 Å². The molecular weight excluding hydrogens is 190 g/mol. The van der Waals surface area contributed by atoms with Crippen LogP contribution >= 0.6 is 0 Å². The smallest absolute Gasteiger partial charge is 0.311 e. The van der Waals surface area contributed by atoms with Gasteiger partial charge in [0.05, 0.1) is 5.41 Å². The number of hydrogen-bond acceptors (Lipinski definition) is 2. The number of rotatable bonds is 4. The normalized spacial score (nSPS) is 26.9. The van der Waals surface area contributed by atoms with Crippen molar-refractivity contribution in [1.29, 1.82) is 0 Å². The van der Waals surface area contributed by atoms with Crippen LogP contribution in [0.5, 0.6) is 0 Å². The summed E-state index contributed by atoms with van der Waals surface area (Å²) in [6.45, 7) is 0. The van der Waals surface area contributed by atoms with Crippen LogP contribution in [0.1, 0.15) is 38.5 Å². The van der Waals surface area contributed by atoms with Gasteiger partial charge in [-0.1, -0.05) is 12.8 Å². The Morgan fingerprint density at radius 1 is 1.33 bits per heavy atom. The summed E-state index contributed by atoms with van der Waals surface area (Å²) in [5, 5.41) is 9.44. The predicted molar refractivity (Wildman–Crippen MR) is 58.7 cm³/mol. The molecule has 0 bridgehead atoms. The minimum Gasteiger partial charge on any atom is -0.481 e. The van der Waals surface area contributed by atoms with Crippen LogP contribution in [0.15, 0.2) is 0 Å². The highest BCUT2D eigenvalue weighted by atomic mass is 16.4. The number of hydrogen-bond donors (Lipinski definition) is 1. The van der Waals surface area contributed by atoms with E-state index in [4.69, 9.17) is 0 Å². The lowest BCUT2D eigenvalue weighted by Crippen LogP contribution is -2.58. The molecular formula is C12H21NO2. The molecule has 15 heavy (non-hydrogen) atoms. The van der Waals surface area contributed by atoms with E-state index >= 15 is 0 Å². The van der Waals surface area contributed by atoms with E-state index < -0.39 is 11.4 Å². The molecule has 2 rings (SSSR count). The zero-order valence-corrected chi connectivity index (χ0v) is 9.70. The summed E-state index contributed by atoms with van der Waals surface area (Å²) < 4.78 is 0. The van der Waals surface area contributed by atoms with Gasteiger partial charge in [-0.25, -0.2) is 0 Å². The summed E-state index contributed by atoms with van der Waals surface area (Å²) in [4.78, 5) is 13.6. The summed E-state index contributed by atoms with van der Waals surface area (Å²) in [6, 6.07) is 0.262.